The van der Waals surface area contributed by atoms with Crippen LogP contribution in [-0.4, -0.2) is 30.0 Å². The molecule has 0 aliphatic carbocycles. The molecule has 0 rings (SSSR count). The molecule has 0 radical (unpaired) electrons. The molecule has 0 heterocycles. The Morgan fingerprint density at radius 2 is 2.14 bits per heavy atom. The molecule has 0 aromatic rings. The molecule has 4 heteroatoms. The van der Waals surface area contributed by atoms with Gasteiger partial charge in [0.25, 0.3) is 0 Å². The molecule has 0 aliphatic rings. The third kappa shape index (κ3) is 6.27. The van der Waals surface area contributed by atoms with Crippen molar-refractivity contribution in [2.45, 2.75) is 32.4 Å². The van der Waals surface area contributed by atoms with E-state index in [0.717, 1.165) is 18.7 Å². The van der Waals surface area contributed by atoms with Crippen molar-refractivity contribution >= 4 is 17.7 Å². The second-order valence-corrected chi connectivity index (χ2v) is 4.98. The van der Waals surface area contributed by atoms with E-state index in [2.05, 4.69) is 19.2 Å². The van der Waals surface area contributed by atoms with E-state index < -0.39 is 0 Å². The van der Waals surface area contributed by atoms with E-state index in [-0.39, 0.29) is 11.2 Å². The van der Waals surface area contributed by atoms with Crippen molar-refractivity contribution < 1.29 is 4.79 Å². The number of hydrogen-bond donors (Lipinski definition) is 2. The highest BCUT2D eigenvalue weighted by atomic mass is 32.2. The Morgan fingerprint density at radius 3 is 2.64 bits per heavy atom. The van der Waals surface area contributed by atoms with Gasteiger partial charge in [-0.2, -0.15) is 0 Å². The first-order valence-corrected chi connectivity index (χ1v) is 6.26. The first-order chi connectivity index (χ1) is 6.61. The van der Waals surface area contributed by atoms with Gasteiger partial charge in [0.15, 0.2) is 0 Å². The fourth-order valence-electron chi connectivity index (χ4n) is 0.844. The molecule has 3 nitrogen and oxygen atoms in total. The minimum absolute atomic E-state index is 0.0375. The predicted octanol–water partition coefficient (Wildman–Crippen LogP) is 1.23. The summed E-state index contributed by atoms with van der Waals surface area (Å²) < 4.78 is 0. The highest BCUT2D eigenvalue weighted by Gasteiger charge is 2.13. The van der Waals surface area contributed by atoms with Gasteiger partial charge in [-0.15, -0.1) is 11.8 Å². The average molecular weight is 218 g/mol. The Kier molecular flexibility index (Phi) is 7.99. The molecule has 0 bridgehead atoms. The molecule has 2 unspecified atom stereocenters. The van der Waals surface area contributed by atoms with Crippen LogP contribution in [0.1, 0.15) is 27.2 Å². The van der Waals surface area contributed by atoms with Crippen molar-refractivity contribution in [3.8, 4) is 0 Å². The second kappa shape index (κ2) is 8.12. The van der Waals surface area contributed by atoms with Crippen LogP contribution in [-0.2, 0) is 4.79 Å². The van der Waals surface area contributed by atoms with Crippen molar-refractivity contribution in [3.63, 3.8) is 0 Å². The van der Waals surface area contributed by atoms with Gasteiger partial charge in [-0.1, -0.05) is 13.8 Å². The minimum atomic E-state index is 0.0375. The molecular formula is C10H22N2OS. The van der Waals surface area contributed by atoms with E-state index in [1.165, 1.54) is 0 Å². The Bertz CT molecular complexity index is 164. The van der Waals surface area contributed by atoms with Gasteiger partial charge < -0.3 is 11.1 Å². The Labute approximate surface area is 91.2 Å². The third-order valence-electron chi connectivity index (χ3n) is 1.95. The van der Waals surface area contributed by atoms with Crippen molar-refractivity contribution in [3.05, 3.63) is 0 Å². The van der Waals surface area contributed by atoms with Crippen LogP contribution < -0.4 is 11.1 Å². The number of nitrogens with two attached hydrogens (primary N) is 1. The molecular weight excluding hydrogens is 196 g/mol. The SMILES string of the molecule is CCCNC(=O)C(C)SCC(C)CN. The van der Waals surface area contributed by atoms with Gasteiger partial charge in [-0.05, 0) is 31.6 Å². The van der Waals surface area contributed by atoms with Crippen LogP contribution in [0.2, 0.25) is 0 Å². The zero-order chi connectivity index (χ0) is 11.0. The van der Waals surface area contributed by atoms with Crippen LogP contribution in [0.5, 0.6) is 0 Å². The summed E-state index contributed by atoms with van der Waals surface area (Å²) in [6, 6.07) is 0. The summed E-state index contributed by atoms with van der Waals surface area (Å²) in [5.41, 5.74) is 5.50. The van der Waals surface area contributed by atoms with Crippen LogP contribution in [0.3, 0.4) is 0 Å². The van der Waals surface area contributed by atoms with E-state index in [9.17, 15) is 4.79 Å². The molecule has 0 aromatic carbocycles. The van der Waals surface area contributed by atoms with Gasteiger partial charge in [-0.3, -0.25) is 4.79 Å². The summed E-state index contributed by atoms with van der Waals surface area (Å²) in [5, 5.41) is 2.92. The van der Waals surface area contributed by atoms with Gasteiger partial charge >= 0.3 is 0 Å². The first kappa shape index (κ1) is 13.8. The summed E-state index contributed by atoms with van der Waals surface area (Å²) in [5.74, 6) is 1.58. The van der Waals surface area contributed by atoms with E-state index in [1.807, 2.05) is 6.92 Å². The maximum Gasteiger partial charge on any atom is 0.232 e. The summed E-state index contributed by atoms with van der Waals surface area (Å²) in [4.78, 5) is 11.4. The lowest BCUT2D eigenvalue weighted by atomic mass is 10.2. The molecule has 14 heavy (non-hydrogen) atoms. The fraction of sp³-hybridized carbons (Fsp3) is 0.900. The summed E-state index contributed by atoms with van der Waals surface area (Å²) in [6.07, 6.45) is 0.988. The van der Waals surface area contributed by atoms with Gasteiger partial charge in [0.1, 0.15) is 0 Å². The van der Waals surface area contributed by atoms with E-state index in [1.54, 1.807) is 11.8 Å². The fourth-order valence-corrected chi connectivity index (χ4v) is 1.83. The van der Waals surface area contributed by atoms with Crippen molar-refractivity contribution in [1.82, 2.24) is 5.32 Å². The van der Waals surface area contributed by atoms with Crippen LogP contribution >= 0.6 is 11.8 Å². The number of carbonyl (C=O) groups is 1. The van der Waals surface area contributed by atoms with Gasteiger partial charge in [0.2, 0.25) is 5.91 Å². The van der Waals surface area contributed by atoms with Crippen LogP contribution in [0.25, 0.3) is 0 Å². The van der Waals surface area contributed by atoms with Gasteiger partial charge in [0.05, 0.1) is 5.25 Å². The number of thioether (sulfide) groups is 1. The standard InChI is InChI=1S/C10H22N2OS/c1-4-5-12-10(13)9(3)14-7-8(2)6-11/h8-9H,4-7,11H2,1-3H3,(H,12,13). The molecule has 0 aliphatic heterocycles. The van der Waals surface area contributed by atoms with Crippen molar-refractivity contribution in [2.75, 3.05) is 18.8 Å². The largest absolute Gasteiger partial charge is 0.355 e. The quantitative estimate of drug-likeness (QED) is 0.676. The number of hydrogen-bond acceptors (Lipinski definition) is 3. The zero-order valence-corrected chi connectivity index (χ0v) is 10.2. The maximum absolute atomic E-state index is 11.4. The molecule has 0 aromatic heterocycles. The minimum Gasteiger partial charge on any atom is -0.355 e. The van der Waals surface area contributed by atoms with E-state index in [4.69, 9.17) is 5.73 Å². The summed E-state index contributed by atoms with van der Waals surface area (Å²) >= 11 is 1.68. The van der Waals surface area contributed by atoms with Crippen LogP contribution in [0.15, 0.2) is 0 Å². The first-order valence-electron chi connectivity index (χ1n) is 5.21. The maximum atomic E-state index is 11.4. The van der Waals surface area contributed by atoms with E-state index in [0.29, 0.717) is 12.5 Å². The number of nitrogens with one attached hydrogen (secondary N) is 1. The molecule has 2 atom stereocenters. The van der Waals surface area contributed by atoms with Crippen LogP contribution in [0.4, 0.5) is 0 Å². The topological polar surface area (TPSA) is 55.1 Å². The number of rotatable bonds is 7. The lowest BCUT2D eigenvalue weighted by molar-refractivity contribution is -0.120. The monoisotopic (exact) mass is 218 g/mol. The number of carbonyl (C=O) groups excluding carboxylic acids is 1. The van der Waals surface area contributed by atoms with Gasteiger partial charge in [-0.25, -0.2) is 0 Å². The average Bonchev–Trinajstić information content (AvgIpc) is 2.21. The Hall–Kier alpha value is -0.220. The lowest BCUT2D eigenvalue weighted by Crippen LogP contribution is -2.32. The van der Waals surface area contributed by atoms with Crippen molar-refractivity contribution in [2.24, 2.45) is 11.7 Å². The molecule has 0 saturated heterocycles. The highest BCUT2D eigenvalue weighted by Crippen LogP contribution is 2.14. The molecule has 84 valence electrons. The Morgan fingerprint density at radius 1 is 1.50 bits per heavy atom. The normalized spacial score (nSPS) is 14.9. The summed E-state index contributed by atoms with van der Waals surface area (Å²) in [7, 11) is 0. The van der Waals surface area contributed by atoms with Crippen LogP contribution in [0, 0.1) is 5.92 Å². The smallest absolute Gasteiger partial charge is 0.232 e. The molecule has 0 fully saturated rings. The number of amides is 1. The summed E-state index contributed by atoms with van der Waals surface area (Å²) in [6.45, 7) is 7.56. The molecule has 3 N–H and O–H groups in total. The lowest BCUT2D eigenvalue weighted by Gasteiger charge is -2.13. The molecule has 0 saturated carbocycles. The zero-order valence-electron chi connectivity index (χ0n) is 9.38. The van der Waals surface area contributed by atoms with E-state index >= 15 is 0 Å². The highest BCUT2D eigenvalue weighted by molar-refractivity contribution is 8.00. The Balaban J connectivity index is 3.61. The van der Waals surface area contributed by atoms with Gasteiger partial charge in [0, 0.05) is 6.54 Å². The third-order valence-corrected chi connectivity index (χ3v) is 3.43. The molecule has 0 spiro atoms. The molecule has 1 amide bonds. The second-order valence-electron chi connectivity index (χ2n) is 3.61. The predicted molar refractivity (Wildman–Crippen MR) is 63.4 cm³/mol. The van der Waals surface area contributed by atoms with Crippen molar-refractivity contribution in [1.29, 1.82) is 0 Å².